The maximum Gasteiger partial charge on any atom is 0.219 e. The number of allylic oxidation sites excluding steroid dienone is 2. The summed E-state index contributed by atoms with van der Waals surface area (Å²) in [6.07, 6.45) is 24.0. The Balaban J connectivity index is 1.72. The van der Waals surface area contributed by atoms with Crippen LogP contribution in [0.5, 0.6) is 0 Å². The number of carbonyl (C=O) groups excluding carboxylic acids is 1. The number of rotatable bonds is 17. The molecule has 0 bridgehead atoms. The van der Waals surface area contributed by atoms with E-state index in [2.05, 4.69) is 36.5 Å². The van der Waals surface area contributed by atoms with Gasteiger partial charge in [-0.05, 0) is 58.7 Å². The summed E-state index contributed by atoms with van der Waals surface area (Å²) in [7, 11) is 4.13. The Bertz CT molecular complexity index is 365. The lowest BCUT2D eigenvalue weighted by molar-refractivity contribution is -0.121. The highest BCUT2D eigenvalue weighted by molar-refractivity contribution is 5.75. The van der Waals surface area contributed by atoms with Crippen molar-refractivity contribution >= 4 is 5.91 Å². The van der Waals surface area contributed by atoms with Crippen molar-refractivity contribution in [1.82, 2.24) is 10.2 Å². The van der Waals surface area contributed by atoms with E-state index in [1.807, 2.05) is 0 Å². The van der Waals surface area contributed by atoms with E-state index in [4.69, 9.17) is 0 Å². The zero-order chi connectivity index (χ0) is 18.9. The van der Waals surface area contributed by atoms with E-state index in [0.29, 0.717) is 6.42 Å². The van der Waals surface area contributed by atoms with E-state index in [0.717, 1.165) is 31.8 Å². The molecule has 1 unspecified atom stereocenters. The molecule has 1 N–H and O–H groups in total. The summed E-state index contributed by atoms with van der Waals surface area (Å²) in [6.45, 7) is 1.85. The first-order chi connectivity index (χ1) is 12.7. The Hall–Kier alpha value is -0.830. The first-order valence-electron chi connectivity index (χ1n) is 11.3. The van der Waals surface area contributed by atoms with Crippen molar-refractivity contribution in [3.05, 3.63) is 12.2 Å². The van der Waals surface area contributed by atoms with Gasteiger partial charge in [-0.3, -0.25) is 4.79 Å². The van der Waals surface area contributed by atoms with E-state index < -0.39 is 0 Å². The van der Waals surface area contributed by atoms with Crippen LogP contribution in [0.15, 0.2) is 12.2 Å². The monoisotopic (exact) mass is 364 g/mol. The fraction of sp³-hybridized carbons (Fsp3) is 0.870. The normalized spacial score (nSPS) is 16.5. The summed E-state index contributed by atoms with van der Waals surface area (Å²) < 4.78 is 0. The SMILES string of the molecule is CN(C)CCCNC(=O)CCCCCCCCCCCCC1C=CCC1. The number of amides is 1. The van der Waals surface area contributed by atoms with E-state index >= 15 is 0 Å². The molecule has 0 heterocycles. The molecule has 1 amide bonds. The van der Waals surface area contributed by atoms with Gasteiger partial charge in [-0.15, -0.1) is 0 Å². The zero-order valence-corrected chi connectivity index (χ0v) is 17.6. The van der Waals surface area contributed by atoms with Crippen molar-refractivity contribution < 1.29 is 4.79 Å². The summed E-state index contributed by atoms with van der Waals surface area (Å²) in [4.78, 5) is 13.9. The minimum Gasteiger partial charge on any atom is -0.356 e. The number of nitrogens with zero attached hydrogens (tertiary/aromatic N) is 1. The van der Waals surface area contributed by atoms with Crippen molar-refractivity contribution in [3.63, 3.8) is 0 Å². The van der Waals surface area contributed by atoms with Crippen LogP contribution in [0.25, 0.3) is 0 Å². The average Bonchev–Trinajstić information content (AvgIpc) is 3.13. The van der Waals surface area contributed by atoms with Gasteiger partial charge in [0.05, 0.1) is 0 Å². The second-order valence-corrected chi connectivity index (χ2v) is 8.35. The standard InChI is InChI=1S/C23H44N2O/c1-25(2)21-15-20-24-23(26)19-12-10-8-6-4-3-5-7-9-11-16-22-17-13-14-18-22/h13,17,22H,3-12,14-16,18-21H2,1-2H3,(H,24,26). The maximum atomic E-state index is 11.7. The smallest absolute Gasteiger partial charge is 0.219 e. The molecule has 0 aromatic rings. The molecule has 1 rings (SSSR count). The van der Waals surface area contributed by atoms with Gasteiger partial charge in [0.15, 0.2) is 0 Å². The van der Waals surface area contributed by atoms with Gasteiger partial charge in [-0.2, -0.15) is 0 Å². The van der Waals surface area contributed by atoms with Gasteiger partial charge >= 0.3 is 0 Å². The van der Waals surface area contributed by atoms with Crippen molar-refractivity contribution in [2.75, 3.05) is 27.2 Å². The first kappa shape index (κ1) is 23.2. The van der Waals surface area contributed by atoms with Gasteiger partial charge in [0.25, 0.3) is 0 Å². The van der Waals surface area contributed by atoms with Gasteiger partial charge in [-0.1, -0.05) is 69.9 Å². The van der Waals surface area contributed by atoms with Crippen LogP contribution in [0.3, 0.4) is 0 Å². The van der Waals surface area contributed by atoms with Crippen LogP contribution in [-0.4, -0.2) is 38.0 Å². The average molecular weight is 365 g/mol. The van der Waals surface area contributed by atoms with Crippen molar-refractivity contribution in [2.45, 2.75) is 96.3 Å². The molecular formula is C23H44N2O. The Kier molecular flexibility index (Phi) is 14.6. The van der Waals surface area contributed by atoms with Crippen molar-refractivity contribution in [2.24, 2.45) is 5.92 Å². The number of carbonyl (C=O) groups is 1. The van der Waals surface area contributed by atoms with Gasteiger partial charge in [0.1, 0.15) is 0 Å². The van der Waals surface area contributed by atoms with E-state index in [1.54, 1.807) is 0 Å². The molecule has 3 nitrogen and oxygen atoms in total. The fourth-order valence-electron chi connectivity index (χ4n) is 3.75. The summed E-state index contributed by atoms with van der Waals surface area (Å²) in [5.74, 6) is 1.13. The fourth-order valence-corrected chi connectivity index (χ4v) is 3.75. The van der Waals surface area contributed by atoms with Gasteiger partial charge in [0, 0.05) is 13.0 Å². The highest BCUT2D eigenvalue weighted by Crippen LogP contribution is 2.23. The molecule has 0 spiro atoms. The van der Waals surface area contributed by atoms with Crippen LogP contribution >= 0.6 is 0 Å². The summed E-state index contributed by atoms with van der Waals surface area (Å²) in [6, 6.07) is 0. The van der Waals surface area contributed by atoms with E-state index in [-0.39, 0.29) is 5.91 Å². The minimum atomic E-state index is 0.233. The molecule has 3 heteroatoms. The second kappa shape index (κ2) is 16.4. The molecule has 152 valence electrons. The molecule has 26 heavy (non-hydrogen) atoms. The molecule has 1 atom stereocenters. The van der Waals surface area contributed by atoms with Crippen LogP contribution in [-0.2, 0) is 4.79 Å². The van der Waals surface area contributed by atoms with Crippen molar-refractivity contribution in [1.29, 1.82) is 0 Å². The predicted molar refractivity (Wildman–Crippen MR) is 113 cm³/mol. The third-order valence-corrected chi connectivity index (χ3v) is 5.45. The molecule has 0 aromatic carbocycles. The Morgan fingerprint density at radius 1 is 0.923 bits per heavy atom. The van der Waals surface area contributed by atoms with Crippen LogP contribution < -0.4 is 5.32 Å². The molecule has 0 fully saturated rings. The minimum absolute atomic E-state index is 0.233. The maximum absolute atomic E-state index is 11.7. The van der Waals surface area contributed by atoms with Crippen LogP contribution in [0.2, 0.25) is 0 Å². The van der Waals surface area contributed by atoms with E-state index in [9.17, 15) is 4.79 Å². The highest BCUT2D eigenvalue weighted by Gasteiger charge is 2.07. The molecule has 0 saturated carbocycles. The summed E-state index contributed by atoms with van der Waals surface area (Å²) in [5.41, 5.74) is 0. The van der Waals surface area contributed by atoms with Crippen LogP contribution in [0.4, 0.5) is 0 Å². The van der Waals surface area contributed by atoms with Gasteiger partial charge < -0.3 is 10.2 Å². The third-order valence-electron chi connectivity index (χ3n) is 5.45. The topological polar surface area (TPSA) is 32.3 Å². The van der Waals surface area contributed by atoms with E-state index in [1.165, 1.54) is 77.0 Å². The number of unbranched alkanes of at least 4 members (excludes halogenated alkanes) is 9. The Morgan fingerprint density at radius 3 is 2.12 bits per heavy atom. The molecule has 0 radical (unpaired) electrons. The molecule has 0 aromatic heterocycles. The quantitative estimate of drug-likeness (QED) is 0.265. The second-order valence-electron chi connectivity index (χ2n) is 8.35. The number of hydrogen-bond donors (Lipinski definition) is 1. The Labute approximate surface area is 163 Å². The van der Waals surface area contributed by atoms with Gasteiger partial charge in [0.2, 0.25) is 5.91 Å². The third kappa shape index (κ3) is 14.4. The van der Waals surface area contributed by atoms with Crippen LogP contribution in [0.1, 0.15) is 96.3 Å². The van der Waals surface area contributed by atoms with Gasteiger partial charge in [-0.25, -0.2) is 0 Å². The highest BCUT2D eigenvalue weighted by atomic mass is 16.1. The van der Waals surface area contributed by atoms with Crippen molar-refractivity contribution in [3.8, 4) is 0 Å². The largest absolute Gasteiger partial charge is 0.356 e. The number of nitrogens with one attached hydrogen (secondary N) is 1. The molecule has 0 aliphatic heterocycles. The lowest BCUT2D eigenvalue weighted by atomic mass is 9.99. The lowest BCUT2D eigenvalue weighted by Crippen LogP contribution is -2.26. The zero-order valence-electron chi connectivity index (χ0n) is 17.6. The molecular weight excluding hydrogens is 320 g/mol. The molecule has 1 aliphatic carbocycles. The predicted octanol–water partition coefficient (Wildman–Crippen LogP) is 5.70. The lowest BCUT2D eigenvalue weighted by Gasteiger charge is -2.09. The first-order valence-corrected chi connectivity index (χ1v) is 11.3. The summed E-state index contributed by atoms with van der Waals surface area (Å²) in [5, 5.41) is 3.02. The number of hydrogen-bond acceptors (Lipinski definition) is 2. The summed E-state index contributed by atoms with van der Waals surface area (Å²) >= 11 is 0. The van der Waals surface area contributed by atoms with Crippen LogP contribution in [0, 0.1) is 5.92 Å². The molecule has 1 aliphatic rings. The Morgan fingerprint density at radius 2 is 1.54 bits per heavy atom. The molecule has 0 saturated heterocycles.